The van der Waals surface area contributed by atoms with E-state index in [9.17, 15) is 9.90 Å². The molecule has 1 atom stereocenters. The van der Waals surface area contributed by atoms with Gasteiger partial charge in [0.15, 0.2) is 0 Å². The maximum absolute atomic E-state index is 11.8. The maximum atomic E-state index is 11.8. The van der Waals surface area contributed by atoms with Crippen molar-refractivity contribution in [2.75, 3.05) is 13.1 Å². The number of aliphatic carboxylic acids is 1. The molecule has 23 heavy (non-hydrogen) atoms. The van der Waals surface area contributed by atoms with Gasteiger partial charge < -0.3 is 5.11 Å². The van der Waals surface area contributed by atoms with Gasteiger partial charge >= 0.3 is 5.97 Å². The smallest absolute Gasteiger partial charge is 0.311 e. The van der Waals surface area contributed by atoms with Crippen LogP contribution in [0.25, 0.3) is 0 Å². The fraction of sp³-hybridized carbons (Fsp3) is 0.350. The fourth-order valence-electron chi connectivity index (χ4n) is 3.56. The number of piperidine rings is 1. The van der Waals surface area contributed by atoms with Crippen LogP contribution in [0.2, 0.25) is 0 Å². The molecule has 0 bridgehead atoms. The second kappa shape index (κ2) is 7.42. The normalized spacial score (nSPS) is 17.7. The number of carboxylic acids is 1. The summed E-state index contributed by atoms with van der Waals surface area (Å²) in [6.07, 6.45) is 1.89. The summed E-state index contributed by atoms with van der Waals surface area (Å²) in [6, 6.07) is 20.1. The molecule has 1 unspecified atom stereocenters. The van der Waals surface area contributed by atoms with E-state index < -0.39 is 5.97 Å². The number of hydrogen-bond acceptors (Lipinski definition) is 2. The molecule has 3 heteroatoms. The van der Waals surface area contributed by atoms with Gasteiger partial charge in [0.25, 0.3) is 0 Å². The highest BCUT2D eigenvalue weighted by Crippen LogP contribution is 2.33. The lowest BCUT2D eigenvalue weighted by Gasteiger charge is -2.34. The molecular weight excluding hydrogens is 286 g/mol. The molecule has 0 saturated carbocycles. The quantitative estimate of drug-likeness (QED) is 0.914. The third-order valence-corrected chi connectivity index (χ3v) is 4.78. The van der Waals surface area contributed by atoms with Gasteiger partial charge in [0.05, 0.1) is 5.92 Å². The van der Waals surface area contributed by atoms with Crippen LogP contribution in [0.15, 0.2) is 60.7 Å². The highest BCUT2D eigenvalue weighted by atomic mass is 16.4. The van der Waals surface area contributed by atoms with Crippen molar-refractivity contribution in [3.8, 4) is 0 Å². The van der Waals surface area contributed by atoms with E-state index in [1.165, 1.54) is 5.56 Å². The molecule has 0 aliphatic carbocycles. The molecule has 0 aromatic heterocycles. The first kappa shape index (κ1) is 15.8. The molecule has 0 amide bonds. The van der Waals surface area contributed by atoms with Gasteiger partial charge in [-0.1, -0.05) is 60.7 Å². The summed E-state index contributed by atoms with van der Waals surface area (Å²) in [5.41, 5.74) is 2.25. The summed E-state index contributed by atoms with van der Waals surface area (Å²) >= 11 is 0. The van der Waals surface area contributed by atoms with E-state index in [-0.39, 0.29) is 11.8 Å². The molecule has 1 N–H and O–H groups in total. The average molecular weight is 309 g/mol. The van der Waals surface area contributed by atoms with Gasteiger partial charge in [-0.2, -0.15) is 0 Å². The van der Waals surface area contributed by atoms with Crippen LogP contribution in [0.1, 0.15) is 29.9 Å². The van der Waals surface area contributed by atoms with Crippen LogP contribution < -0.4 is 0 Å². The minimum absolute atomic E-state index is 0.224. The van der Waals surface area contributed by atoms with Crippen molar-refractivity contribution >= 4 is 5.97 Å². The Bertz CT molecular complexity index is 619. The Kier molecular flexibility index (Phi) is 5.09. The second-order valence-corrected chi connectivity index (χ2v) is 6.33. The summed E-state index contributed by atoms with van der Waals surface area (Å²) in [4.78, 5) is 14.2. The Labute approximate surface area is 137 Å². The van der Waals surface area contributed by atoms with Crippen molar-refractivity contribution in [1.82, 2.24) is 4.90 Å². The number of nitrogens with zero attached hydrogens (tertiary/aromatic N) is 1. The van der Waals surface area contributed by atoms with E-state index in [0.717, 1.165) is 38.0 Å². The molecule has 1 saturated heterocycles. The summed E-state index contributed by atoms with van der Waals surface area (Å²) in [5, 5.41) is 9.67. The topological polar surface area (TPSA) is 40.5 Å². The molecule has 2 aromatic rings. The first-order chi connectivity index (χ1) is 11.2. The van der Waals surface area contributed by atoms with E-state index in [2.05, 4.69) is 29.2 Å². The summed E-state index contributed by atoms with van der Waals surface area (Å²) in [6.45, 7) is 2.89. The molecule has 0 radical (unpaired) electrons. The number of rotatable bonds is 5. The van der Waals surface area contributed by atoms with Gasteiger partial charge in [-0.05, 0) is 43.0 Å². The lowest BCUT2D eigenvalue weighted by molar-refractivity contribution is -0.140. The third kappa shape index (κ3) is 3.99. The minimum atomic E-state index is -0.697. The van der Waals surface area contributed by atoms with Gasteiger partial charge in [0, 0.05) is 6.54 Å². The Morgan fingerprint density at radius 3 is 2.13 bits per heavy atom. The molecule has 3 rings (SSSR count). The Morgan fingerprint density at radius 2 is 1.57 bits per heavy atom. The van der Waals surface area contributed by atoms with Gasteiger partial charge in [0.1, 0.15) is 0 Å². The van der Waals surface area contributed by atoms with Crippen LogP contribution in [0.5, 0.6) is 0 Å². The molecular formula is C20H23NO2. The second-order valence-electron chi connectivity index (χ2n) is 6.33. The van der Waals surface area contributed by atoms with E-state index in [1.54, 1.807) is 0 Å². The monoisotopic (exact) mass is 309 g/mol. The predicted octanol–water partition coefficient (Wildman–Crippen LogP) is 3.77. The van der Waals surface area contributed by atoms with Crippen molar-refractivity contribution in [2.45, 2.75) is 25.3 Å². The van der Waals surface area contributed by atoms with E-state index in [0.29, 0.717) is 0 Å². The third-order valence-electron chi connectivity index (χ3n) is 4.78. The zero-order valence-electron chi connectivity index (χ0n) is 13.3. The van der Waals surface area contributed by atoms with Crippen LogP contribution in [0, 0.1) is 5.92 Å². The summed E-state index contributed by atoms with van der Waals surface area (Å²) in [5.74, 6) is -0.852. The molecule has 1 aliphatic heterocycles. The van der Waals surface area contributed by atoms with Crippen molar-refractivity contribution in [2.24, 2.45) is 5.92 Å². The fourth-order valence-corrected chi connectivity index (χ4v) is 3.56. The lowest BCUT2D eigenvalue weighted by Crippen LogP contribution is -2.36. The van der Waals surface area contributed by atoms with Crippen molar-refractivity contribution in [1.29, 1.82) is 0 Å². The maximum Gasteiger partial charge on any atom is 0.311 e. The minimum Gasteiger partial charge on any atom is -0.481 e. The van der Waals surface area contributed by atoms with Crippen molar-refractivity contribution in [3.63, 3.8) is 0 Å². The zero-order valence-corrected chi connectivity index (χ0v) is 13.3. The first-order valence-corrected chi connectivity index (χ1v) is 8.28. The summed E-state index contributed by atoms with van der Waals surface area (Å²) < 4.78 is 0. The van der Waals surface area contributed by atoms with Gasteiger partial charge in [-0.3, -0.25) is 9.69 Å². The first-order valence-electron chi connectivity index (χ1n) is 8.28. The largest absolute Gasteiger partial charge is 0.481 e. The highest BCUT2D eigenvalue weighted by Gasteiger charge is 2.32. The Hall–Kier alpha value is -2.13. The highest BCUT2D eigenvalue weighted by molar-refractivity contribution is 5.76. The molecule has 2 aromatic carbocycles. The van der Waals surface area contributed by atoms with Gasteiger partial charge in [0.2, 0.25) is 0 Å². The average Bonchev–Trinajstić information content (AvgIpc) is 2.58. The molecule has 1 heterocycles. The van der Waals surface area contributed by atoms with E-state index >= 15 is 0 Å². The summed E-state index contributed by atoms with van der Waals surface area (Å²) in [7, 11) is 0. The van der Waals surface area contributed by atoms with E-state index in [4.69, 9.17) is 0 Å². The SMILES string of the molecule is O=C(O)C(c1ccccc1)C1CCN(Cc2ccccc2)CC1. The van der Waals surface area contributed by atoms with Crippen LogP contribution >= 0.6 is 0 Å². The van der Waals surface area contributed by atoms with Crippen LogP contribution in [-0.2, 0) is 11.3 Å². The lowest BCUT2D eigenvalue weighted by atomic mass is 9.80. The van der Waals surface area contributed by atoms with Gasteiger partial charge in [-0.25, -0.2) is 0 Å². The number of hydrogen-bond donors (Lipinski definition) is 1. The number of carboxylic acid groups (broad SMARTS) is 1. The van der Waals surface area contributed by atoms with E-state index in [1.807, 2.05) is 36.4 Å². The van der Waals surface area contributed by atoms with Crippen LogP contribution in [0.3, 0.4) is 0 Å². The number of benzene rings is 2. The molecule has 0 spiro atoms. The van der Waals surface area contributed by atoms with Crippen LogP contribution in [0.4, 0.5) is 0 Å². The standard InChI is InChI=1S/C20H23NO2/c22-20(23)19(17-9-5-2-6-10-17)18-11-13-21(14-12-18)15-16-7-3-1-4-8-16/h1-10,18-19H,11-15H2,(H,22,23). The molecule has 1 aliphatic rings. The van der Waals surface area contributed by atoms with Crippen LogP contribution in [-0.4, -0.2) is 29.1 Å². The van der Waals surface area contributed by atoms with Crippen molar-refractivity contribution < 1.29 is 9.90 Å². The zero-order chi connectivity index (χ0) is 16.1. The molecule has 3 nitrogen and oxygen atoms in total. The molecule has 1 fully saturated rings. The number of carbonyl (C=O) groups is 1. The molecule has 120 valence electrons. The Balaban J connectivity index is 1.62. The Morgan fingerprint density at radius 1 is 1.00 bits per heavy atom. The number of likely N-dealkylation sites (tertiary alicyclic amines) is 1. The predicted molar refractivity (Wildman–Crippen MR) is 91.3 cm³/mol. The van der Waals surface area contributed by atoms with Gasteiger partial charge in [-0.15, -0.1) is 0 Å². The van der Waals surface area contributed by atoms with Crippen molar-refractivity contribution in [3.05, 3.63) is 71.8 Å².